The molecule has 1 aromatic rings. The molecule has 6 nitrogen and oxygen atoms in total. The van der Waals surface area contributed by atoms with Crippen LogP contribution < -0.4 is 10.4 Å². The molecule has 1 N–H and O–H groups in total. The predicted octanol–water partition coefficient (Wildman–Crippen LogP) is 0.965. The molecule has 0 bridgehead atoms. The molecule has 0 fully saturated rings. The molecular weight excluding hydrogens is 298 g/mol. The van der Waals surface area contributed by atoms with Gasteiger partial charge < -0.3 is 0 Å². The lowest BCUT2D eigenvalue weighted by atomic mass is 10.5. The summed E-state index contributed by atoms with van der Waals surface area (Å²) in [6, 6.07) is 0. The van der Waals surface area contributed by atoms with Crippen LogP contribution in [0.5, 0.6) is 0 Å². The molecule has 0 unspecified atom stereocenters. The molecule has 0 aromatic carbocycles. The van der Waals surface area contributed by atoms with Crippen molar-refractivity contribution < 1.29 is 35.9 Å². The first kappa shape index (κ1) is 15.7. The van der Waals surface area contributed by atoms with Crippen molar-refractivity contribution in [2.75, 3.05) is 5.01 Å². The standard InChI is InChI=1S/C8H4F6N4O2/c9-7(10,11)5(19)17-18(6(20)8(12,13)14)4-3-15-1-2-16-4/h1-3H,(H,17,19). The Labute approximate surface area is 106 Å². The Bertz CT molecular complexity index is 500. The van der Waals surface area contributed by atoms with Gasteiger partial charge in [0, 0.05) is 12.4 Å². The van der Waals surface area contributed by atoms with E-state index >= 15 is 0 Å². The third-order valence-corrected chi connectivity index (χ3v) is 1.70. The fourth-order valence-corrected chi connectivity index (χ4v) is 0.910. The predicted molar refractivity (Wildman–Crippen MR) is 49.8 cm³/mol. The summed E-state index contributed by atoms with van der Waals surface area (Å²) >= 11 is 0. The highest BCUT2D eigenvalue weighted by Gasteiger charge is 2.47. The van der Waals surface area contributed by atoms with E-state index in [0.717, 1.165) is 17.8 Å². The van der Waals surface area contributed by atoms with Gasteiger partial charge in [0.05, 0.1) is 6.20 Å². The molecule has 0 radical (unpaired) electrons. The lowest BCUT2D eigenvalue weighted by molar-refractivity contribution is -0.179. The largest absolute Gasteiger partial charge is 0.473 e. The van der Waals surface area contributed by atoms with Crippen LogP contribution in [-0.2, 0) is 9.59 Å². The van der Waals surface area contributed by atoms with E-state index in [0.29, 0.717) is 6.20 Å². The molecule has 110 valence electrons. The van der Waals surface area contributed by atoms with E-state index in [4.69, 9.17) is 0 Å². The Balaban J connectivity index is 3.10. The van der Waals surface area contributed by atoms with Crippen molar-refractivity contribution in [1.82, 2.24) is 15.4 Å². The summed E-state index contributed by atoms with van der Waals surface area (Å²) in [7, 11) is 0. The molecule has 2 amide bonds. The van der Waals surface area contributed by atoms with Gasteiger partial charge in [-0.15, -0.1) is 0 Å². The summed E-state index contributed by atoms with van der Waals surface area (Å²) in [6.07, 6.45) is -8.60. The number of alkyl halides is 6. The number of carbonyl (C=O) groups is 2. The number of nitrogens with one attached hydrogen (secondary N) is 1. The second-order valence-corrected chi connectivity index (χ2v) is 3.14. The Kier molecular flexibility index (Phi) is 4.15. The zero-order valence-corrected chi connectivity index (χ0v) is 9.16. The molecule has 0 atom stereocenters. The minimum atomic E-state index is -5.52. The van der Waals surface area contributed by atoms with E-state index in [1.807, 2.05) is 0 Å². The van der Waals surface area contributed by atoms with Gasteiger partial charge in [-0.1, -0.05) is 0 Å². The minimum absolute atomic E-state index is 0.570. The first-order chi connectivity index (χ1) is 9.03. The van der Waals surface area contributed by atoms with Crippen LogP contribution in [-0.4, -0.2) is 34.1 Å². The molecule has 0 aliphatic heterocycles. The lowest BCUT2D eigenvalue weighted by Crippen LogP contribution is -2.55. The smallest absolute Gasteiger partial charge is 0.263 e. The molecule has 0 spiro atoms. The van der Waals surface area contributed by atoms with Crippen molar-refractivity contribution >= 4 is 17.6 Å². The van der Waals surface area contributed by atoms with Crippen LogP contribution in [0, 0.1) is 0 Å². The molecular formula is C8H4F6N4O2. The molecule has 20 heavy (non-hydrogen) atoms. The van der Waals surface area contributed by atoms with E-state index in [1.165, 1.54) is 0 Å². The molecule has 0 saturated carbocycles. The molecule has 1 aromatic heterocycles. The van der Waals surface area contributed by atoms with Crippen LogP contribution in [0.4, 0.5) is 32.2 Å². The average molecular weight is 302 g/mol. The number of aromatic nitrogens is 2. The second kappa shape index (κ2) is 5.30. The Morgan fingerprint density at radius 3 is 2.05 bits per heavy atom. The van der Waals surface area contributed by atoms with Crippen molar-refractivity contribution in [3.05, 3.63) is 18.6 Å². The van der Waals surface area contributed by atoms with Crippen LogP contribution in [0.3, 0.4) is 0 Å². The molecule has 12 heteroatoms. The monoisotopic (exact) mass is 302 g/mol. The second-order valence-electron chi connectivity index (χ2n) is 3.14. The first-order valence-electron chi connectivity index (χ1n) is 4.58. The van der Waals surface area contributed by atoms with Crippen LogP contribution in [0.2, 0.25) is 0 Å². The molecule has 1 rings (SSSR count). The van der Waals surface area contributed by atoms with E-state index in [9.17, 15) is 35.9 Å². The van der Waals surface area contributed by atoms with E-state index < -0.39 is 35.0 Å². The van der Waals surface area contributed by atoms with Crippen molar-refractivity contribution in [2.45, 2.75) is 12.4 Å². The average Bonchev–Trinajstić information content (AvgIpc) is 2.33. The van der Waals surface area contributed by atoms with Gasteiger partial charge in [-0.3, -0.25) is 20.0 Å². The number of carbonyl (C=O) groups excluding carboxylic acids is 2. The first-order valence-corrected chi connectivity index (χ1v) is 4.58. The SMILES string of the molecule is O=C(NN(C(=O)C(F)(F)F)c1cnccn1)C(F)(F)F. The Morgan fingerprint density at radius 1 is 1.05 bits per heavy atom. The molecule has 0 aliphatic rings. The van der Waals surface area contributed by atoms with Gasteiger partial charge in [-0.05, 0) is 0 Å². The zero-order valence-electron chi connectivity index (χ0n) is 9.16. The topological polar surface area (TPSA) is 75.2 Å². The maximum absolute atomic E-state index is 12.3. The fourth-order valence-electron chi connectivity index (χ4n) is 0.910. The number of amides is 2. The quantitative estimate of drug-likeness (QED) is 0.619. The number of rotatable bonds is 1. The van der Waals surface area contributed by atoms with Gasteiger partial charge in [0.25, 0.3) is 0 Å². The van der Waals surface area contributed by atoms with Crippen LogP contribution >= 0.6 is 0 Å². The van der Waals surface area contributed by atoms with Gasteiger partial charge >= 0.3 is 24.2 Å². The molecule has 1 heterocycles. The Hall–Kier alpha value is -2.40. The highest BCUT2D eigenvalue weighted by molar-refractivity contribution is 5.99. The molecule has 0 aliphatic carbocycles. The summed E-state index contributed by atoms with van der Waals surface area (Å²) in [5, 5.41) is -0.678. The van der Waals surface area contributed by atoms with Gasteiger partial charge in [-0.2, -0.15) is 31.4 Å². The minimum Gasteiger partial charge on any atom is -0.263 e. The zero-order chi connectivity index (χ0) is 15.6. The molecule has 0 saturated heterocycles. The normalized spacial score (nSPS) is 11.9. The van der Waals surface area contributed by atoms with Gasteiger partial charge in [0.1, 0.15) is 0 Å². The Morgan fingerprint density at radius 2 is 1.65 bits per heavy atom. The number of anilines is 1. The highest BCUT2D eigenvalue weighted by Crippen LogP contribution is 2.22. The van der Waals surface area contributed by atoms with Gasteiger partial charge in [0.15, 0.2) is 5.82 Å². The van der Waals surface area contributed by atoms with E-state index in [2.05, 4.69) is 9.97 Å². The summed E-state index contributed by atoms with van der Waals surface area (Å²) < 4.78 is 72.8. The number of hydrogen-bond donors (Lipinski definition) is 1. The van der Waals surface area contributed by atoms with Gasteiger partial charge in [0.2, 0.25) is 0 Å². The van der Waals surface area contributed by atoms with Crippen LogP contribution in [0.1, 0.15) is 0 Å². The third kappa shape index (κ3) is 3.80. The van der Waals surface area contributed by atoms with Crippen LogP contribution in [0.25, 0.3) is 0 Å². The summed E-state index contributed by atoms with van der Waals surface area (Å²) in [5.41, 5.74) is 0.777. The number of hydrazine groups is 1. The van der Waals surface area contributed by atoms with Crippen molar-refractivity contribution in [2.24, 2.45) is 0 Å². The van der Waals surface area contributed by atoms with Crippen molar-refractivity contribution in [3.63, 3.8) is 0 Å². The maximum atomic E-state index is 12.3. The third-order valence-electron chi connectivity index (χ3n) is 1.70. The summed E-state index contributed by atoms with van der Waals surface area (Å²) in [4.78, 5) is 28.1. The fraction of sp³-hybridized carbons (Fsp3) is 0.250. The number of nitrogens with zero attached hydrogens (tertiary/aromatic N) is 3. The van der Waals surface area contributed by atoms with E-state index in [1.54, 1.807) is 0 Å². The maximum Gasteiger partial charge on any atom is 0.473 e. The lowest BCUT2D eigenvalue weighted by Gasteiger charge is -2.23. The van der Waals surface area contributed by atoms with Crippen molar-refractivity contribution in [1.29, 1.82) is 0 Å². The van der Waals surface area contributed by atoms with Gasteiger partial charge in [-0.25, -0.2) is 4.98 Å². The summed E-state index contributed by atoms with van der Waals surface area (Å²) in [6.45, 7) is 0. The van der Waals surface area contributed by atoms with Crippen molar-refractivity contribution in [3.8, 4) is 0 Å². The number of hydrogen-bond acceptors (Lipinski definition) is 4. The summed E-state index contributed by atoms with van der Waals surface area (Å²) in [5.74, 6) is -6.44. The van der Waals surface area contributed by atoms with Crippen LogP contribution in [0.15, 0.2) is 18.6 Å². The highest BCUT2D eigenvalue weighted by atomic mass is 19.4. The van der Waals surface area contributed by atoms with E-state index in [-0.39, 0.29) is 0 Å². The number of halogens is 6.